The molecule has 2 aliphatic heterocycles. The number of aryl methyl sites for hydroxylation is 1. The zero-order valence-electron chi connectivity index (χ0n) is 17.7. The lowest BCUT2D eigenvalue weighted by Crippen LogP contribution is -2.38. The van der Waals surface area contributed by atoms with Crippen LogP contribution in [0.1, 0.15) is 36.2 Å². The number of hydrogen-bond donors (Lipinski definition) is 1. The second kappa shape index (κ2) is 8.69. The first-order valence-corrected chi connectivity index (χ1v) is 11.3. The number of likely N-dealkylation sites (tertiary alicyclic amines) is 2. The Hall–Kier alpha value is -2.90. The maximum absolute atomic E-state index is 13.1. The molecule has 2 saturated heterocycles. The first-order valence-electron chi connectivity index (χ1n) is 11.3. The highest BCUT2D eigenvalue weighted by Gasteiger charge is 2.40. The number of fused-ring (bicyclic) bond motifs is 2. The molecule has 164 valence electrons. The van der Waals surface area contributed by atoms with Gasteiger partial charge in [0.1, 0.15) is 6.61 Å². The van der Waals surface area contributed by atoms with Crippen molar-refractivity contribution in [3.05, 3.63) is 47.3 Å². The van der Waals surface area contributed by atoms with Crippen LogP contribution in [0.5, 0.6) is 0 Å². The largest absolute Gasteiger partial charge is 0.445 e. The molecule has 2 amide bonds. The lowest BCUT2D eigenvalue weighted by atomic mass is 9.89. The van der Waals surface area contributed by atoms with E-state index in [0.29, 0.717) is 38.0 Å². The summed E-state index contributed by atoms with van der Waals surface area (Å²) in [5, 5.41) is 11.1. The number of aromatic nitrogens is 3. The average molecular weight is 424 g/mol. The summed E-state index contributed by atoms with van der Waals surface area (Å²) < 4.78 is 5.51. The first-order chi connectivity index (χ1) is 15.2. The fraction of sp³-hybridized carbons (Fsp3) is 0.565. The van der Waals surface area contributed by atoms with Crippen LogP contribution in [0.2, 0.25) is 0 Å². The molecule has 3 aliphatic rings. The third-order valence-electron chi connectivity index (χ3n) is 7.11. The fourth-order valence-electron chi connectivity index (χ4n) is 5.27. The molecule has 0 bridgehead atoms. The molecule has 1 aromatic heterocycles. The number of ether oxygens (including phenoxy) is 1. The van der Waals surface area contributed by atoms with Crippen molar-refractivity contribution in [3.8, 4) is 0 Å². The number of carbonyl (C=O) groups excluding carboxylic acids is 2. The quantitative estimate of drug-likeness (QED) is 0.819. The molecule has 0 radical (unpaired) electrons. The van der Waals surface area contributed by atoms with Gasteiger partial charge in [0.25, 0.3) is 0 Å². The van der Waals surface area contributed by atoms with E-state index in [1.165, 1.54) is 0 Å². The molecule has 0 saturated carbocycles. The lowest BCUT2D eigenvalue weighted by molar-refractivity contribution is -0.135. The van der Waals surface area contributed by atoms with Gasteiger partial charge in [0, 0.05) is 38.5 Å². The van der Waals surface area contributed by atoms with Gasteiger partial charge in [-0.05, 0) is 43.1 Å². The zero-order valence-corrected chi connectivity index (χ0v) is 17.7. The minimum absolute atomic E-state index is 0.0180. The molecular weight excluding hydrogens is 394 g/mol. The van der Waals surface area contributed by atoms with Crippen LogP contribution in [-0.4, -0.2) is 63.4 Å². The molecule has 0 unspecified atom stereocenters. The van der Waals surface area contributed by atoms with Crippen LogP contribution in [0, 0.1) is 17.8 Å². The lowest BCUT2D eigenvalue weighted by Gasteiger charge is -2.26. The van der Waals surface area contributed by atoms with Gasteiger partial charge in [-0.1, -0.05) is 30.3 Å². The summed E-state index contributed by atoms with van der Waals surface area (Å²) >= 11 is 0. The Labute approximate surface area is 181 Å². The van der Waals surface area contributed by atoms with Crippen LogP contribution >= 0.6 is 0 Å². The molecule has 3 atom stereocenters. The highest BCUT2D eigenvalue weighted by Crippen LogP contribution is 2.34. The van der Waals surface area contributed by atoms with Crippen molar-refractivity contribution in [2.24, 2.45) is 17.8 Å². The third kappa shape index (κ3) is 4.29. The number of nitrogens with zero attached hydrogens (tertiary/aromatic N) is 4. The van der Waals surface area contributed by atoms with Crippen LogP contribution in [0.4, 0.5) is 4.79 Å². The Bertz CT molecular complexity index is 914. The number of rotatable bonds is 3. The molecule has 8 heteroatoms. The second-order valence-electron chi connectivity index (χ2n) is 9.02. The summed E-state index contributed by atoms with van der Waals surface area (Å²) in [6, 6.07) is 9.76. The summed E-state index contributed by atoms with van der Waals surface area (Å²) in [7, 11) is 0. The summed E-state index contributed by atoms with van der Waals surface area (Å²) in [6.07, 6.45) is 3.98. The van der Waals surface area contributed by atoms with E-state index in [-0.39, 0.29) is 17.9 Å². The van der Waals surface area contributed by atoms with Crippen molar-refractivity contribution in [1.29, 1.82) is 0 Å². The number of nitrogens with one attached hydrogen (secondary N) is 1. The predicted molar refractivity (Wildman–Crippen MR) is 113 cm³/mol. The van der Waals surface area contributed by atoms with Crippen molar-refractivity contribution in [3.63, 3.8) is 0 Å². The molecule has 1 N–H and O–H groups in total. The van der Waals surface area contributed by atoms with Gasteiger partial charge >= 0.3 is 6.09 Å². The summed E-state index contributed by atoms with van der Waals surface area (Å²) in [6.45, 7) is 3.31. The van der Waals surface area contributed by atoms with E-state index < -0.39 is 0 Å². The van der Waals surface area contributed by atoms with Crippen molar-refractivity contribution in [2.75, 3.05) is 26.2 Å². The monoisotopic (exact) mass is 423 g/mol. The fourth-order valence-corrected chi connectivity index (χ4v) is 5.27. The van der Waals surface area contributed by atoms with Gasteiger partial charge in [-0.3, -0.25) is 4.79 Å². The van der Waals surface area contributed by atoms with Crippen molar-refractivity contribution in [1.82, 2.24) is 25.2 Å². The van der Waals surface area contributed by atoms with E-state index >= 15 is 0 Å². The number of hydrogen-bond acceptors (Lipinski definition) is 5. The maximum atomic E-state index is 13.1. The van der Waals surface area contributed by atoms with E-state index in [0.717, 1.165) is 55.7 Å². The molecular formula is C23H29N5O3. The van der Waals surface area contributed by atoms with Crippen molar-refractivity contribution in [2.45, 2.75) is 38.7 Å². The standard InChI is InChI=1S/C23H29N5O3/c29-22(17-6-7-20-21(12-17)25-26-24-20)28-13-18-8-10-27(11-9-19(18)14-28)23(30)31-15-16-4-2-1-3-5-16/h1-5,17-19H,6-15H2,(H,24,25,26)/t17-,18-,19+/m1/s1. The molecule has 8 nitrogen and oxygen atoms in total. The van der Waals surface area contributed by atoms with E-state index in [9.17, 15) is 9.59 Å². The molecule has 0 spiro atoms. The molecule has 2 aromatic rings. The van der Waals surface area contributed by atoms with Gasteiger partial charge in [-0.15, -0.1) is 0 Å². The van der Waals surface area contributed by atoms with Gasteiger partial charge in [0.15, 0.2) is 0 Å². The number of amides is 2. The number of benzene rings is 1. The topological polar surface area (TPSA) is 91.4 Å². The SMILES string of the molecule is O=C(OCc1ccccc1)N1CC[C@@H]2CN(C(=O)[C@@H]3CCc4n[nH]nc4C3)C[C@@H]2CC1. The van der Waals surface area contributed by atoms with Crippen LogP contribution in [0.25, 0.3) is 0 Å². The Morgan fingerprint density at radius 2 is 1.68 bits per heavy atom. The van der Waals surface area contributed by atoms with E-state index in [4.69, 9.17) is 4.74 Å². The Morgan fingerprint density at radius 3 is 2.42 bits per heavy atom. The van der Waals surface area contributed by atoms with Gasteiger partial charge in [-0.2, -0.15) is 15.4 Å². The van der Waals surface area contributed by atoms with Crippen LogP contribution in [-0.2, 0) is 29.0 Å². The molecule has 5 rings (SSSR count). The van der Waals surface area contributed by atoms with E-state index in [1.54, 1.807) is 0 Å². The molecule has 31 heavy (non-hydrogen) atoms. The summed E-state index contributed by atoms with van der Waals surface area (Å²) in [4.78, 5) is 29.6. The number of aromatic amines is 1. The molecule has 1 aromatic carbocycles. The average Bonchev–Trinajstić information content (AvgIpc) is 3.39. The minimum atomic E-state index is -0.234. The van der Waals surface area contributed by atoms with Gasteiger partial charge < -0.3 is 14.5 Å². The van der Waals surface area contributed by atoms with Crippen LogP contribution < -0.4 is 0 Å². The highest BCUT2D eigenvalue weighted by molar-refractivity contribution is 5.79. The summed E-state index contributed by atoms with van der Waals surface area (Å²) in [5.41, 5.74) is 2.95. The van der Waals surface area contributed by atoms with E-state index in [2.05, 4.69) is 20.3 Å². The zero-order chi connectivity index (χ0) is 21.2. The second-order valence-corrected chi connectivity index (χ2v) is 9.02. The Kier molecular flexibility index (Phi) is 5.61. The third-order valence-corrected chi connectivity index (χ3v) is 7.11. The van der Waals surface area contributed by atoms with Gasteiger partial charge in [0.05, 0.1) is 11.4 Å². The Balaban J connectivity index is 1.12. The smallest absolute Gasteiger partial charge is 0.410 e. The molecule has 3 heterocycles. The maximum Gasteiger partial charge on any atom is 0.410 e. The summed E-state index contributed by atoms with van der Waals surface area (Å²) in [5.74, 6) is 1.20. The van der Waals surface area contributed by atoms with Crippen LogP contribution in [0.15, 0.2) is 30.3 Å². The van der Waals surface area contributed by atoms with Crippen LogP contribution in [0.3, 0.4) is 0 Å². The minimum Gasteiger partial charge on any atom is -0.445 e. The molecule has 1 aliphatic carbocycles. The molecule has 2 fully saturated rings. The van der Waals surface area contributed by atoms with E-state index in [1.807, 2.05) is 35.2 Å². The normalized spacial score (nSPS) is 25.5. The Morgan fingerprint density at radius 1 is 0.968 bits per heavy atom. The number of carbonyl (C=O) groups is 2. The predicted octanol–water partition coefficient (Wildman–Crippen LogP) is 2.42. The first kappa shape index (κ1) is 20.0. The van der Waals surface area contributed by atoms with Gasteiger partial charge in [-0.25, -0.2) is 4.79 Å². The van der Waals surface area contributed by atoms with Crippen molar-refractivity contribution >= 4 is 12.0 Å². The highest BCUT2D eigenvalue weighted by atomic mass is 16.6. The van der Waals surface area contributed by atoms with Crippen molar-refractivity contribution < 1.29 is 14.3 Å². The number of H-pyrrole nitrogens is 1. The van der Waals surface area contributed by atoms with Gasteiger partial charge in [0.2, 0.25) is 5.91 Å².